The Morgan fingerprint density at radius 1 is 1.33 bits per heavy atom. The van der Waals surface area contributed by atoms with Crippen molar-refractivity contribution in [3.8, 4) is 0 Å². The molecule has 0 N–H and O–H groups in total. The lowest BCUT2D eigenvalue weighted by atomic mass is 10.3. The van der Waals surface area contributed by atoms with Gasteiger partial charge in [0.15, 0.2) is 0 Å². The van der Waals surface area contributed by atoms with E-state index in [1.54, 1.807) is 31.4 Å². The monoisotopic (exact) mass is 167 g/mol. The molecule has 0 radical (unpaired) electrons. The SMILES string of the molecule is COCCOC([O-])=C1C=CC=C1. The minimum atomic E-state index is -0.294. The standard InChI is InChI=1S/C9H12O3/c1-11-6-7-12-9(10)8-4-2-3-5-8/h2-5,10H,6-7H2,1H3/p-1. The van der Waals surface area contributed by atoms with Gasteiger partial charge in [-0.05, 0) is 5.57 Å². The van der Waals surface area contributed by atoms with E-state index in [0.29, 0.717) is 18.8 Å². The molecule has 1 rings (SSSR count). The van der Waals surface area contributed by atoms with E-state index < -0.39 is 0 Å². The number of ether oxygens (including phenoxy) is 2. The van der Waals surface area contributed by atoms with Gasteiger partial charge in [0.05, 0.1) is 12.6 Å². The van der Waals surface area contributed by atoms with Gasteiger partial charge in [0.2, 0.25) is 0 Å². The first-order valence-corrected chi connectivity index (χ1v) is 3.72. The van der Waals surface area contributed by atoms with Crippen molar-refractivity contribution >= 4 is 0 Å². The van der Waals surface area contributed by atoms with Crippen LogP contribution in [0.3, 0.4) is 0 Å². The molecule has 0 atom stereocenters. The third-order valence-corrected chi connectivity index (χ3v) is 1.42. The lowest BCUT2D eigenvalue weighted by Gasteiger charge is -2.15. The molecule has 0 fully saturated rings. The van der Waals surface area contributed by atoms with Crippen LogP contribution in [0.4, 0.5) is 0 Å². The van der Waals surface area contributed by atoms with E-state index in [1.807, 2.05) is 0 Å². The summed E-state index contributed by atoms with van der Waals surface area (Å²) in [4.78, 5) is 0. The highest BCUT2D eigenvalue weighted by Gasteiger charge is 1.93. The van der Waals surface area contributed by atoms with Crippen molar-refractivity contribution in [2.45, 2.75) is 0 Å². The van der Waals surface area contributed by atoms with Gasteiger partial charge < -0.3 is 14.6 Å². The first-order valence-electron chi connectivity index (χ1n) is 3.72. The number of rotatable bonds is 4. The summed E-state index contributed by atoms with van der Waals surface area (Å²) in [6, 6.07) is 0. The highest BCUT2D eigenvalue weighted by atomic mass is 16.6. The second-order valence-corrected chi connectivity index (χ2v) is 2.30. The quantitative estimate of drug-likeness (QED) is 0.448. The van der Waals surface area contributed by atoms with Crippen LogP contribution in [0.5, 0.6) is 0 Å². The van der Waals surface area contributed by atoms with Crippen LogP contribution in [0.25, 0.3) is 0 Å². The lowest BCUT2D eigenvalue weighted by Crippen LogP contribution is -2.13. The summed E-state index contributed by atoms with van der Waals surface area (Å²) in [5.41, 5.74) is 0.589. The summed E-state index contributed by atoms with van der Waals surface area (Å²) in [5.74, 6) is -0.294. The molecular formula is C9H11O3-. The maximum atomic E-state index is 11.1. The smallest absolute Gasteiger partial charge is 0.0587 e. The summed E-state index contributed by atoms with van der Waals surface area (Å²) in [7, 11) is 1.57. The third-order valence-electron chi connectivity index (χ3n) is 1.42. The maximum Gasteiger partial charge on any atom is 0.0587 e. The summed E-state index contributed by atoms with van der Waals surface area (Å²) in [5, 5.41) is 11.1. The van der Waals surface area contributed by atoms with E-state index in [4.69, 9.17) is 9.47 Å². The molecule has 1 aliphatic carbocycles. The van der Waals surface area contributed by atoms with Crippen LogP contribution in [-0.2, 0) is 9.47 Å². The molecule has 0 saturated heterocycles. The Kier molecular flexibility index (Phi) is 3.41. The second kappa shape index (κ2) is 4.62. The Morgan fingerprint density at radius 2 is 2.00 bits per heavy atom. The highest BCUT2D eigenvalue weighted by molar-refractivity contribution is 5.39. The fourth-order valence-corrected chi connectivity index (χ4v) is 0.811. The Morgan fingerprint density at radius 3 is 2.58 bits per heavy atom. The van der Waals surface area contributed by atoms with Gasteiger partial charge in [0.25, 0.3) is 0 Å². The minimum Gasteiger partial charge on any atom is -0.610 e. The molecule has 0 heterocycles. The number of hydrogen-bond acceptors (Lipinski definition) is 3. The molecule has 3 nitrogen and oxygen atoms in total. The van der Waals surface area contributed by atoms with E-state index >= 15 is 0 Å². The molecule has 12 heavy (non-hydrogen) atoms. The molecule has 0 unspecified atom stereocenters. The molecule has 0 aromatic heterocycles. The van der Waals surface area contributed by atoms with Crippen LogP contribution in [0, 0.1) is 0 Å². The zero-order chi connectivity index (χ0) is 8.81. The predicted octanol–water partition coefficient (Wildman–Crippen LogP) is 0.347. The topological polar surface area (TPSA) is 41.5 Å². The van der Waals surface area contributed by atoms with E-state index in [2.05, 4.69) is 0 Å². The van der Waals surface area contributed by atoms with E-state index in [0.717, 1.165) is 0 Å². The first kappa shape index (κ1) is 8.87. The average molecular weight is 167 g/mol. The molecule has 66 valence electrons. The molecular weight excluding hydrogens is 156 g/mol. The Hall–Kier alpha value is -1.22. The van der Waals surface area contributed by atoms with Gasteiger partial charge in [-0.25, -0.2) is 0 Å². The van der Waals surface area contributed by atoms with Crippen LogP contribution in [0.2, 0.25) is 0 Å². The maximum absolute atomic E-state index is 11.1. The minimum absolute atomic E-state index is 0.294. The van der Waals surface area contributed by atoms with Gasteiger partial charge in [-0.3, -0.25) is 0 Å². The van der Waals surface area contributed by atoms with E-state index in [9.17, 15) is 5.11 Å². The molecule has 0 aromatic carbocycles. The molecule has 1 aliphatic rings. The van der Waals surface area contributed by atoms with Crippen LogP contribution in [0.1, 0.15) is 0 Å². The van der Waals surface area contributed by atoms with Crippen molar-refractivity contribution in [2.24, 2.45) is 0 Å². The van der Waals surface area contributed by atoms with Crippen molar-refractivity contribution in [3.05, 3.63) is 35.8 Å². The lowest BCUT2D eigenvalue weighted by molar-refractivity contribution is -0.358. The summed E-state index contributed by atoms with van der Waals surface area (Å²) in [6.45, 7) is 0.743. The van der Waals surface area contributed by atoms with Crippen molar-refractivity contribution in [1.82, 2.24) is 0 Å². The second-order valence-electron chi connectivity index (χ2n) is 2.30. The average Bonchev–Trinajstić information content (AvgIpc) is 2.56. The zero-order valence-electron chi connectivity index (χ0n) is 6.95. The molecule has 0 aliphatic heterocycles. The summed E-state index contributed by atoms with van der Waals surface area (Å²) in [6.07, 6.45) is 7.03. The first-order chi connectivity index (χ1) is 5.84. The van der Waals surface area contributed by atoms with Gasteiger partial charge in [-0.15, -0.1) is 0 Å². The summed E-state index contributed by atoms with van der Waals surface area (Å²) >= 11 is 0. The Bertz CT molecular complexity index is 212. The zero-order valence-corrected chi connectivity index (χ0v) is 6.95. The van der Waals surface area contributed by atoms with Crippen molar-refractivity contribution in [3.63, 3.8) is 0 Å². The predicted molar refractivity (Wildman–Crippen MR) is 43.1 cm³/mol. The van der Waals surface area contributed by atoms with Gasteiger partial charge in [0.1, 0.15) is 0 Å². The fourth-order valence-electron chi connectivity index (χ4n) is 0.811. The van der Waals surface area contributed by atoms with E-state index in [1.165, 1.54) is 0 Å². The Balaban J connectivity index is 2.36. The van der Waals surface area contributed by atoms with E-state index in [-0.39, 0.29) is 5.95 Å². The van der Waals surface area contributed by atoms with Crippen molar-refractivity contribution < 1.29 is 14.6 Å². The molecule has 0 bridgehead atoms. The van der Waals surface area contributed by atoms with Gasteiger partial charge >= 0.3 is 0 Å². The number of hydrogen-bond donors (Lipinski definition) is 0. The van der Waals surface area contributed by atoms with Crippen LogP contribution >= 0.6 is 0 Å². The molecule has 3 heteroatoms. The Labute approximate surface area is 71.6 Å². The molecule has 0 amide bonds. The fraction of sp³-hybridized carbons (Fsp3) is 0.333. The van der Waals surface area contributed by atoms with Crippen LogP contribution in [0.15, 0.2) is 35.8 Å². The molecule has 0 spiro atoms. The number of methoxy groups -OCH3 is 1. The van der Waals surface area contributed by atoms with Gasteiger partial charge in [-0.1, -0.05) is 24.3 Å². The van der Waals surface area contributed by atoms with Crippen molar-refractivity contribution in [1.29, 1.82) is 0 Å². The highest BCUT2D eigenvalue weighted by Crippen LogP contribution is 2.09. The van der Waals surface area contributed by atoms with Gasteiger partial charge in [0, 0.05) is 13.7 Å². The molecule has 0 saturated carbocycles. The van der Waals surface area contributed by atoms with Crippen LogP contribution in [-0.4, -0.2) is 20.3 Å². The van der Waals surface area contributed by atoms with Crippen molar-refractivity contribution in [2.75, 3.05) is 20.3 Å². The molecule has 0 aromatic rings. The third kappa shape index (κ3) is 2.43. The van der Waals surface area contributed by atoms with Gasteiger partial charge in [-0.2, -0.15) is 0 Å². The number of allylic oxidation sites excluding steroid dienone is 5. The summed E-state index contributed by atoms with van der Waals surface area (Å²) < 4.78 is 9.60. The van der Waals surface area contributed by atoms with Crippen LogP contribution < -0.4 is 5.11 Å². The largest absolute Gasteiger partial charge is 0.610 e. The normalized spacial score (nSPS) is 13.9.